The third kappa shape index (κ3) is 2.70. The van der Waals surface area contributed by atoms with Gasteiger partial charge in [0.1, 0.15) is 4.90 Å². The number of hydrogen-bond donors (Lipinski definition) is 0. The van der Waals surface area contributed by atoms with Crippen LogP contribution in [0.5, 0.6) is 0 Å². The van der Waals surface area contributed by atoms with Crippen LogP contribution in [0.4, 0.5) is 0 Å². The second-order valence-corrected chi connectivity index (χ2v) is 9.56. The van der Waals surface area contributed by atoms with E-state index < -0.39 is 15.4 Å². The molecule has 8 heteroatoms. The van der Waals surface area contributed by atoms with Crippen molar-refractivity contribution in [3.63, 3.8) is 0 Å². The zero-order valence-corrected chi connectivity index (χ0v) is 15.4. The smallest absolute Gasteiger partial charge is 0.248 e. The van der Waals surface area contributed by atoms with Crippen molar-refractivity contribution in [2.24, 2.45) is 5.41 Å². The number of rotatable bonds is 3. The predicted molar refractivity (Wildman–Crippen MR) is 90.3 cm³/mol. The number of carbonyl (C=O) groups excluding carboxylic acids is 1. The Hall–Kier alpha value is -1.41. The van der Waals surface area contributed by atoms with Crippen molar-refractivity contribution in [3.8, 4) is 0 Å². The average Bonchev–Trinajstić information content (AvgIpc) is 3.31. The van der Waals surface area contributed by atoms with Gasteiger partial charge in [-0.05, 0) is 39.0 Å². The van der Waals surface area contributed by atoms with Crippen LogP contribution in [0.2, 0.25) is 0 Å². The molecule has 1 aliphatic carbocycles. The van der Waals surface area contributed by atoms with Crippen LogP contribution in [0.3, 0.4) is 0 Å². The highest BCUT2D eigenvalue weighted by molar-refractivity contribution is 7.89. The summed E-state index contributed by atoms with van der Waals surface area (Å²) >= 11 is 0. The van der Waals surface area contributed by atoms with Crippen LogP contribution in [0.15, 0.2) is 15.6 Å². The Bertz CT molecular complexity index is 769. The minimum atomic E-state index is -3.65. The summed E-state index contributed by atoms with van der Waals surface area (Å²) in [5, 5.41) is 3.59. The van der Waals surface area contributed by atoms with E-state index in [1.54, 1.807) is 6.92 Å². The fourth-order valence-electron chi connectivity index (χ4n) is 4.76. The lowest BCUT2D eigenvalue weighted by molar-refractivity contribution is -0.148. The number of likely N-dealkylation sites (tertiary alicyclic amines) is 1. The molecule has 1 aromatic rings. The van der Waals surface area contributed by atoms with Crippen molar-refractivity contribution < 1.29 is 17.7 Å². The number of nitrogens with zero attached hydrogens (tertiary/aromatic N) is 3. The topological polar surface area (TPSA) is 83.7 Å². The predicted octanol–water partition coefficient (Wildman–Crippen LogP) is 1.93. The van der Waals surface area contributed by atoms with Crippen LogP contribution in [0, 0.1) is 12.3 Å². The van der Waals surface area contributed by atoms with Crippen LogP contribution < -0.4 is 0 Å². The minimum Gasteiger partial charge on any atom is -0.360 e. The summed E-state index contributed by atoms with van der Waals surface area (Å²) in [5.41, 5.74) is -0.543. The highest BCUT2D eigenvalue weighted by Crippen LogP contribution is 2.43. The molecule has 2 aliphatic heterocycles. The molecule has 7 nitrogen and oxygen atoms in total. The zero-order chi connectivity index (χ0) is 17.7. The first kappa shape index (κ1) is 17.0. The van der Waals surface area contributed by atoms with Crippen LogP contribution in [0.25, 0.3) is 0 Å². The molecule has 0 bridgehead atoms. The van der Waals surface area contributed by atoms with Crippen LogP contribution in [-0.2, 0) is 14.8 Å². The molecule has 1 saturated carbocycles. The summed E-state index contributed by atoms with van der Waals surface area (Å²) in [7, 11) is -3.65. The quantitative estimate of drug-likeness (QED) is 0.815. The molecule has 1 amide bonds. The van der Waals surface area contributed by atoms with Crippen LogP contribution >= 0.6 is 0 Å². The van der Waals surface area contributed by atoms with E-state index in [0.717, 1.165) is 32.2 Å². The lowest BCUT2D eigenvalue weighted by Crippen LogP contribution is -2.53. The molecule has 2 saturated heterocycles. The van der Waals surface area contributed by atoms with Gasteiger partial charge in [0.05, 0.1) is 11.6 Å². The van der Waals surface area contributed by atoms with Crippen molar-refractivity contribution in [3.05, 3.63) is 12.0 Å². The van der Waals surface area contributed by atoms with E-state index in [2.05, 4.69) is 10.1 Å². The molecule has 0 aromatic carbocycles. The van der Waals surface area contributed by atoms with Gasteiger partial charge in [0.2, 0.25) is 15.9 Å². The van der Waals surface area contributed by atoms with E-state index in [4.69, 9.17) is 4.52 Å². The molecule has 1 unspecified atom stereocenters. The maximum absolute atomic E-state index is 13.2. The highest BCUT2D eigenvalue weighted by Gasteiger charge is 2.52. The van der Waals surface area contributed by atoms with E-state index in [1.807, 2.05) is 0 Å². The second kappa shape index (κ2) is 6.09. The number of aryl methyl sites for hydroxylation is 1. The number of hydrogen-bond acceptors (Lipinski definition) is 5. The zero-order valence-electron chi connectivity index (χ0n) is 14.6. The molecular formula is C17H25N3O4S. The van der Waals surface area contributed by atoms with E-state index in [-0.39, 0.29) is 17.3 Å². The molecule has 3 heterocycles. The Labute approximate surface area is 148 Å². The maximum Gasteiger partial charge on any atom is 0.248 e. The molecule has 4 rings (SSSR count). The lowest BCUT2D eigenvalue weighted by Gasteiger charge is -2.42. The van der Waals surface area contributed by atoms with Gasteiger partial charge in [0.25, 0.3) is 0 Å². The fraction of sp³-hybridized carbons (Fsp3) is 0.765. The molecule has 3 fully saturated rings. The number of aromatic nitrogens is 1. The minimum absolute atomic E-state index is 0.112. The first-order valence-electron chi connectivity index (χ1n) is 9.17. The van der Waals surface area contributed by atoms with Gasteiger partial charge in [-0.1, -0.05) is 18.0 Å². The summed E-state index contributed by atoms with van der Waals surface area (Å²) in [6, 6.07) is 0.357. The SMILES string of the molecule is Cc1oncc1S(=O)(=O)N1CCC2(CCCN(C3CCCC3)C2=O)C1. The Morgan fingerprint density at radius 1 is 1.20 bits per heavy atom. The Morgan fingerprint density at radius 2 is 1.96 bits per heavy atom. The van der Waals surface area contributed by atoms with Crippen LogP contribution in [0.1, 0.15) is 50.7 Å². The van der Waals surface area contributed by atoms with Crippen molar-refractivity contribution >= 4 is 15.9 Å². The van der Waals surface area contributed by atoms with Gasteiger partial charge in [-0.2, -0.15) is 4.31 Å². The van der Waals surface area contributed by atoms with Gasteiger partial charge in [0, 0.05) is 25.7 Å². The number of carbonyl (C=O) groups is 1. The number of sulfonamides is 1. The maximum atomic E-state index is 13.2. The van der Waals surface area contributed by atoms with Gasteiger partial charge in [-0.3, -0.25) is 4.79 Å². The fourth-order valence-corrected chi connectivity index (χ4v) is 6.36. The lowest BCUT2D eigenvalue weighted by atomic mass is 9.78. The Kier molecular flexibility index (Phi) is 4.15. The Morgan fingerprint density at radius 3 is 2.64 bits per heavy atom. The summed E-state index contributed by atoms with van der Waals surface area (Å²) in [6.45, 7) is 3.08. The Balaban J connectivity index is 1.56. The summed E-state index contributed by atoms with van der Waals surface area (Å²) in [5.74, 6) is 0.467. The number of piperidine rings is 1. The normalized spacial score (nSPS) is 29.2. The van der Waals surface area contributed by atoms with Crippen molar-refractivity contribution in [2.75, 3.05) is 19.6 Å². The van der Waals surface area contributed by atoms with Crippen molar-refractivity contribution in [1.29, 1.82) is 0 Å². The molecule has 138 valence electrons. The van der Waals surface area contributed by atoms with Gasteiger partial charge in [-0.25, -0.2) is 8.42 Å². The summed E-state index contributed by atoms with van der Waals surface area (Å²) in [6.07, 6.45) is 8.16. The van der Waals surface area contributed by atoms with E-state index in [9.17, 15) is 13.2 Å². The first-order chi connectivity index (χ1) is 11.9. The van der Waals surface area contributed by atoms with Crippen molar-refractivity contribution in [2.45, 2.75) is 62.8 Å². The molecule has 1 atom stereocenters. The molecule has 25 heavy (non-hydrogen) atoms. The van der Waals surface area contributed by atoms with Gasteiger partial charge in [0.15, 0.2) is 5.76 Å². The first-order valence-corrected chi connectivity index (χ1v) is 10.6. The van der Waals surface area contributed by atoms with Gasteiger partial charge in [-0.15, -0.1) is 0 Å². The molecule has 1 aromatic heterocycles. The molecule has 3 aliphatic rings. The highest BCUT2D eigenvalue weighted by atomic mass is 32.2. The van der Waals surface area contributed by atoms with Crippen molar-refractivity contribution in [1.82, 2.24) is 14.4 Å². The molecule has 0 radical (unpaired) electrons. The van der Waals surface area contributed by atoms with Gasteiger partial charge < -0.3 is 9.42 Å². The average molecular weight is 367 g/mol. The summed E-state index contributed by atoms with van der Waals surface area (Å²) in [4.78, 5) is 15.4. The van der Waals surface area contributed by atoms with E-state index in [1.165, 1.54) is 23.3 Å². The standard InChI is InChI=1S/C17H25N3O4S/c1-13-15(11-18-24-13)25(22,23)19-10-8-17(12-19)7-4-9-20(16(17)21)14-5-2-3-6-14/h11,14H,2-10,12H2,1H3. The largest absolute Gasteiger partial charge is 0.360 e. The van der Waals surface area contributed by atoms with E-state index in [0.29, 0.717) is 24.8 Å². The molecule has 0 N–H and O–H groups in total. The molecule has 1 spiro atoms. The van der Waals surface area contributed by atoms with Gasteiger partial charge >= 0.3 is 0 Å². The second-order valence-electron chi connectivity index (χ2n) is 7.66. The molecular weight excluding hydrogens is 342 g/mol. The summed E-state index contributed by atoms with van der Waals surface area (Å²) < 4.78 is 32.1. The van der Waals surface area contributed by atoms with E-state index >= 15 is 0 Å². The number of amides is 1. The third-order valence-electron chi connectivity index (χ3n) is 6.18. The van der Waals surface area contributed by atoms with Crippen LogP contribution in [-0.4, -0.2) is 54.4 Å². The monoisotopic (exact) mass is 367 g/mol. The third-order valence-corrected chi connectivity index (χ3v) is 8.12.